The van der Waals surface area contributed by atoms with Crippen LogP contribution in [0.4, 0.5) is 0 Å². The number of halogens is 1. The molecule has 0 saturated heterocycles. The highest BCUT2D eigenvalue weighted by atomic mass is 35.5. The number of amides is 1. The summed E-state index contributed by atoms with van der Waals surface area (Å²) in [5.41, 5.74) is 5.08. The molecule has 0 unspecified atom stereocenters. The molecule has 166 valence electrons. The van der Waals surface area contributed by atoms with Gasteiger partial charge >= 0.3 is 0 Å². The van der Waals surface area contributed by atoms with E-state index in [1.807, 2.05) is 45.0 Å². The number of carbonyl (C=O) groups excluding carboxylic acids is 1. The Morgan fingerprint density at radius 3 is 2.62 bits per heavy atom. The van der Waals surface area contributed by atoms with Crippen LogP contribution in [-0.4, -0.2) is 31.5 Å². The molecule has 0 atom stereocenters. The number of hydrazone groups is 1. The van der Waals surface area contributed by atoms with E-state index in [9.17, 15) is 4.79 Å². The smallest absolute Gasteiger partial charge is 0.283 e. The van der Waals surface area contributed by atoms with Crippen molar-refractivity contribution in [1.29, 1.82) is 5.41 Å². The molecule has 0 bridgehead atoms. The molecule has 2 aromatic rings. The molecule has 2 aliphatic rings. The number of fused-ring (bicyclic) bond motifs is 1. The predicted octanol–water partition coefficient (Wildman–Crippen LogP) is 6.11. The largest absolute Gasteiger partial charge is 0.318 e. The molecule has 1 amide bonds. The van der Waals surface area contributed by atoms with Gasteiger partial charge < -0.3 is 4.57 Å². The summed E-state index contributed by atoms with van der Waals surface area (Å²) in [7, 11) is 0. The van der Waals surface area contributed by atoms with Crippen molar-refractivity contribution in [2.45, 2.75) is 47.5 Å². The maximum atomic E-state index is 12.8. The lowest BCUT2D eigenvalue weighted by Crippen LogP contribution is -2.35. The number of aliphatic imine (C=N–C) groups is 1. The van der Waals surface area contributed by atoms with Crippen LogP contribution in [0.15, 0.2) is 39.9 Å². The lowest BCUT2D eigenvalue weighted by molar-refractivity contribution is -0.114. The number of aromatic nitrogens is 1. The standard InChI is InChI=1S/C24H26ClN5OS/c1-6-16(7-2)23-28-30-21(26)18(22(31)27-24(30)32-23)12-17-11-13(3)29(15(17)5)20-10-8-9-19(25)14(20)4/h8-12,16,26H,6-7H2,1-5H3/b18-12-,26-21?. The van der Waals surface area contributed by atoms with Gasteiger partial charge in [0.05, 0.1) is 5.57 Å². The number of hydrogen-bond donors (Lipinski definition) is 1. The van der Waals surface area contributed by atoms with Crippen molar-refractivity contribution in [1.82, 2.24) is 9.58 Å². The second-order valence-corrected chi connectivity index (χ2v) is 9.41. The molecule has 0 radical (unpaired) electrons. The molecule has 0 saturated carbocycles. The maximum Gasteiger partial charge on any atom is 0.283 e. The molecule has 0 aliphatic carbocycles. The Labute approximate surface area is 197 Å². The molecule has 1 aromatic carbocycles. The van der Waals surface area contributed by atoms with Crippen LogP contribution in [0.3, 0.4) is 0 Å². The van der Waals surface area contributed by atoms with Gasteiger partial charge in [-0.1, -0.05) is 31.5 Å². The summed E-state index contributed by atoms with van der Waals surface area (Å²) >= 11 is 7.74. The summed E-state index contributed by atoms with van der Waals surface area (Å²) < 4.78 is 2.12. The van der Waals surface area contributed by atoms with E-state index >= 15 is 0 Å². The first-order valence-corrected chi connectivity index (χ1v) is 11.9. The summed E-state index contributed by atoms with van der Waals surface area (Å²) in [4.78, 5) is 17.1. The van der Waals surface area contributed by atoms with Crippen molar-refractivity contribution in [3.8, 4) is 5.69 Å². The van der Waals surface area contributed by atoms with E-state index in [4.69, 9.17) is 17.0 Å². The maximum absolute atomic E-state index is 12.8. The van der Waals surface area contributed by atoms with Crippen LogP contribution in [0.25, 0.3) is 11.8 Å². The third-order valence-corrected chi connectivity index (χ3v) is 7.54. The summed E-state index contributed by atoms with van der Waals surface area (Å²) in [5.74, 6) is -0.0285. The number of amidine groups is 2. The van der Waals surface area contributed by atoms with Gasteiger partial charge in [0.1, 0.15) is 5.04 Å². The molecule has 2 aliphatic heterocycles. The molecular formula is C24H26ClN5OS. The highest BCUT2D eigenvalue weighted by molar-refractivity contribution is 8.27. The molecule has 1 N–H and O–H groups in total. The van der Waals surface area contributed by atoms with E-state index in [2.05, 4.69) is 28.5 Å². The minimum Gasteiger partial charge on any atom is -0.318 e. The third kappa shape index (κ3) is 3.73. The first-order chi connectivity index (χ1) is 15.3. The molecule has 8 heteroatoms. The molecule has 1 aromatic heterocycles. The zero-order chi connectivity index (χ0) is 23.2. The minimum absolute atomic E-state index is 0.0668. The fourth-order valence-electron chi connectivity index (χ4n) is 4.11. The number of carbonyl (C=O) groups is 1. The SMILES string of the molecule is CCC(CC)C1=NN2C(=N)/C(=C/c3cc(C)n(-c4cccc(Cl)c4C)c3C)C(=O)N=C2S1. The van der Waals surface area contributed by atoms with Crippen LogP contribution in [0, 0.1) is 32.1 Å². The fourth-order valence-corrected chi connectivity index (χ4v) is 5.43. The Morgan fingerprint density at radius 2 is 1.94 bits per heavy atom. The average molecular weight is 468 g/mol. The van der Waals surface area contributed by atoms with Crippen molar-refractivity contribution in [3.63, 3.8) is 0 Å². The van der Waals surface area contributed by atoms with Crippen LogP contribution in [0.1, 0.15) is 49.2 Å². The second kappa shape index (κ2) is 8.71. The monoisotopic (exact) mass is 467 g/mol. The van der Waals surface area contributed by atoms with Crippen LogP contribution in [0.5, 0.6) is 0 Å². The molecular weight excluding hydrogens is 442 g/mol. The van der Waals surface area contributed by atoms with Crippen LogP contribution >= 0.6 is 23.4 Å². The average Bonchev–Trinajstić information content (AvgIpc) is 3.29. The van der Waals surface area contributed by atoms with E-state index in [0.717, 1.165) is 46.1 Å². The van der Waals surface area contributed by atoms with Gasteiger partial charge in [0.25, 0.3) is 5.91 Å². The predicted molar refractivity (Wildman–Crippen MR) is 134 cm³/mol. The Bertz CT molecular complexity index is 1220. The number of nitrogens with one attached hydrogen (secondary N) is 1. The second-order valence-electron chi connectivity index (χ2n) is 8.02. The Hall–Kier alpha value is -2.64. The molecule has 4 rings (SSSR count). The fraction of sp³-hybridized carbons (Fsp3) is 0.333. The summed E-state index contributed by atoms with van der Waals surface area (Å²) in [6.07, 6.45) is 3.67. The van der Waals surface area contributed by atoms with E-state index in [1.165, 1.54) is 16.8 Å². The van der Waals surface area contributed by atoms with E-state index in [-0.39, 0.29) is 11.4 Å². The van der Waals surface area contributed by atoms with Gasteiger partial charge in [-0.25, -0.2) is 0 Å². The number of nitrogens with zero attached hydrogens (tertiary/aromatic N) is 4. The molecule has 6 nitrogen and oxygen atoms in total. The van der Waals surface area contributed by atoms with Gasteiger partial charge in [-0.15, -0.1) is 0 Å². The Balaban J connectivity index is 1.74. The van der Waals surface area contributed by atoms with Crippen LogP contribution in [0.2, 0.25) is 5.02 Å². The first-order valence-electron chi connectivity index (χ1n) is 10.7. The zero-order valence-corrected chi connectivity index (χ0v) is 20.4. The van der Waals surface area contributed by atoms with Crippen LogP contribution in [-0.2, 0) is 4.79 Å². The number of hydrogen-bond acceptors (Lipinski definition) is 4. The quantitative estimate of drug-likeness (QED) is 0.539. The third-order valence-electron chi connectivity index (χ3n) is 6.06. The van der Waals surface area contributed by atoms with E-state index < -0.39 is 5.91 Å². The number of benzene rings is 1. The van der Waals surface area contributed by atoms with Gasteiger partial charge in [-0.05, 0) is 80.8 Å². The molecule has 0 spiro atoms. The Morgan fingerprint density at radius 1 is 1.22 bits per heavy atom. The van der Waals surface area contributed by atoms with Gasteiger partial charge in [-0.2, -0.15) is 15.1 Å². The highest BCUT2D eigenvalue weighted by Crippen LogP contribution is 2.34. The lowest BCUT2D eigenvalue weighted by atomic mass is 10.1. The molecule has 0 fully saturated rings. The van der Waals surface area contributed by atoms with Gasteiger partial charge in [0, 0.05) is 28.0 Å². The van der Waals surface area contributed by atoms with Crippen molar-refractivity contribution in [2.24, 2.45) is 16.0 Å². The first kappa shape index (κ1) is 22.6. The van der Waals surface area contributed by atoms with Crippen molar-refractivity contribution in [3.05, 3.63) is 57.4 Å². The molecule has 32 heavy (non-hydrogen) atoms. The van der Waals surface area contributed by atoms with Crippen molar-refractivity contribution in [2.75, 3.05) is 0 Å². The minimum atomic E-state index is -0.404. The van der Waals surface area contributed by atoms with Gasteiger partial charge in [-0.3, -0.25) is 10.2 Å². The van der Waals surface area contributed by atoms with Crippen molar-refractivity contribution < 1.29 is 4.79 Å². The number of rotatable bonds is 5. The van der Waals surface area contributed by atoms with Gasteiger partial charge in [0.15, 0.2) is 5.84 Å². The van der Waals surface area contributed by atoms with Gasteiger partial charge in [0.2, 0.25) is 5.17 Å². The van der Waals surface area contributed by atoms with E-state index in [1.54, 1.807) is 6.08 Å². The zero-order valence-electron chi connectivity index (χ0n) is 18.9. The number of aryl methyl sites for hydroxylation is 1. The summed E-state index contributed by atoms with van der Waals surface area (Å²) in [6, 6.07) is 7.84. The van der Waals surface area contributed by atoms with E-state index in [0.29, 0.717) is 16.1 Å². The Kier molecular flexibility index (Phi) is 6.14. The highest BCUT2D eigenvalue weighted by Gasteiger charge is 2.37. The van der Waals surface area contributed by atoms with Crippen molar-refractivity contribution >= 4 is 51.4 Å². The summed E-state index contributed by atoms with van der Waals surface area (Å²) in [6.45, 7) is 10.3. The van der Waals surface area contributed by atoms with Crippen LogP contribution < -0.4 is 0 Å². The molecule has 3 heterocycles. The number of thioether (sulfide) groups is 1. The lowest BCUT2D eigenvalue weighted by Gasteiger charge is -2.20. The normalized spacial score (nSPS) is 17.3. The summed E-state index contributed by atoms with van der Waals surface area (Å²) in [5, 5.41) is 16.9. The topological polar surface area (TPSA) is 73.8 Å².